The van der Waals surface area contributed by atoms with Crippen molar-refractivity contribution in [2.75, 3.05) is 63.5 Å². The molecular formula is C86H84F5N21O14S4. The molecular weight excluding hydrogens is 1770 g/mol. The Bertz CT molecular complexity index is 6910. The molecule has 13 aromatic rings. The van der Waals surface area contributed by atoms with Gasteiger partial charge in [0.2, 0.25) is 27.7 Å². The maximum atomic E-state index is 13.8. The summed E-state index contributed by atoms with van der Waals surface area (Å²) in [7, 11) is -12.3. The Morgan fingerprint density at radius 3 is 1.42 bits per heavy atom. The van der Waals surface area contributed by atoms with Crippen LogP contribution in [0.25, 0.3) is 55.6 Å². The van der Waals surface area contributed by atoms with Gasteiger partial charge >= 0.3 is 6.18 Å². The second kappa shape index (κ2) is 42.1. The van der Waals surface area contributed by atoms with Crippen LogP contribution in [0.3, 0.4) is 0 Å². The normalized spacial score (nSPS) is 11.9. The lowest BCUT2D eigenvalue weighted by atomic mass is 10.1. The number of carbonyl (C=O) groups is 5. The zero-order valence-electron chi connectivity index (χ0n) is 70.6. The van der Waals surface area contributed by atoms with E-state index in [1.165, 1.54) is 97.4 Å². The number of anilines is 9. The van der Waals surface area contributed by atoms with Crippen LogP contribution < -0.4 is 48.5 Å². The van der Waals surface area contributed by atoms with Gasteiger partial charge in [-0.25, -0.2) is 86.6 Å². The number of sulfonamides is 2. The third kappa shape index (κ3) is 27.8. The smallest absolute Gasteiger partial charge is 0.416 e. The van der Waals surface area contributed by atoms with Crippen LogP contribution in [0.5, 0.6) is 0 Å². The molecule has 0 bridgehead atoms. The van der Waals surface area contributed by atoms with E-state index in [1.54, 1.807) is 130 Å². The monoisotopic (exact) mass is 1860 g/mol. The molecule has 1 aliphatic rings. The molecule has 130 heavy (non-hydrogen) atoms. The highest BCUT2D eigenvalue weighted by Gasteiger charge is 2.33. The summed E-state index contributed by atoms with van der Waals surface area (Å²) in [5.74, 6) is -1.90. The predicted molar refractivity (Wildman–Crippen MR) is 477 cm³/mol. The zero-order valence-corrected chi connectivity index (χ0v) is 73.8. The molecule has 4 amide bonds. The van der Waals surface area contributed by atoms with E-state index in [2.05, 4.69) is 81.4 Å². The van der Waals surface area contributed by atoms with Gasteiger partial charge in [-0.05, 0) is 194 Å². The second-order valence-corrected chi connectivity index (χ2v) is 37.0. The van der Waals surface area contributed by atoms with Crippen molar-refractivity contribution in [3.63, 3.8) is 0 Å². The van der Waals surface area contributed by atoms with Gasteiger partial charge in [0, 0.05) is 167 Å². The number of carbonyl (C=O) groups excluding carboxylic acids is 5. The van der Waals surface area contributed by atoms with Crippen molar-refractivity contribution >= 4 is 122 Å². The van der Waals surface area contributed by atoms with E-state index < -0.39 is 79.4 Å². The van der Waals surface area contributed by atoms with Gasteiger partial charge in [0.1, 0.15) is 74.2 Å². The number of nitrogens with one attached hydrogen (secondary N) is 6. The van der Waals surface area contributed by atoms with Crippen LogP contribution in [0.2, 0.25) is 0 Å². The Kier molecular flexibility index (Phi) is 31.5. The first-order chi connectivity index (χ1) is 61.2. The molecule has 2 aromatic carbocycles. The lowest BCUT2D eigenvalue weighted by molar-refractivity contribution is -0.137. The summed E-state index contributed by atoms with van der Waals surface area (Å²) < 4.78 is 173. The number of oxazole rings is 1. The van der Waals surface area contributed by atoms with E-state index in [9.17, 15) is 79.6 Å². The second-order valence-electron chi connectivity index (χ2n) is 29.1. The molecule has 11 heterocycles. The fourth-order valence-electron chi connectivity index (χ4n) is 11.8. The van der Waals surface area contributed by atoms with Gasteiger partial charge < -0.3 is 42.9 Å². The number of rotatable bonds is 24. The maximum Gasteiger partial charge on any atom is 0.416 e. The number of hydrogen-bond donors (Lipinski definition) is 9. The van der Waals surface area contributed by atoms with Crippen LogP contribution in [-0.4, -0.2) is 149 Å². The summed E-state index contributed by atoms with van der Waals surface area (Å²) >= 11 is 0. The molecule has 1 saturated carbocycles. The molecule has 1 aliphatic carbocycles. The van der Waals surface area contributed by atoms with E-state index >= 15 is 0 Å². The number of Topliss-reactive ketones (excluding diaryl/α,β-unsaturated/α-hetero) is 1. The van der Waals surface area contributed by atoms with E-state index in [1.807, 2.05) is 4.72 Å². The van der Waals surface area contributed by atoms with E-state index in [0.717, 1.165) is 69.7 Å². The van der Waals surface area contributed by atoms with E-state index in [4.69, 9.17) is 21.6 Å². The summed E-state index contributed by atoms with van der Waals surface area (Å²) in [5, 5.41) is 13.6. The predicted octanol–water partition coefficient (Wildman–Crippen LogP) is 12.6. The quantitative estimate of drug-likeness (QED) is 0.0254. The van der Waals surface area contributed by atoms with Crippen molar-refractivity contribution in [2.45, 2.75) is 99.2 Å². The highest BCUT2D eigenvalue weighted by Crippen LogP contribution is 2.35. The minimum absolute atomic E-state index is 0.0472. The molecule has 0 atom stereocenters. The van der Waals surface area contributed by atoms with Gasteiger partial charge in [-0.2, -0.15) is 13.2 Å². The van der Waals surface area contributed by atoms with E-state index in [-0.39, 0.29) is 74.9 Å². The number of hydrogen-bond acceptors (Lipinski definition) is 29. The third-order valence-corrected chi connectivity index (χ3v) is 24.0. The largest absolute Gasteiger partial charge is 0.432 e. The molecule has 44 heteroatoms. The Morgan fingerprint density at radius 1 is 0.492 bits per heavy atom. The van der Waals surface area contributed by atoms with Crippen LogP contribution in [0.1, 0.15) is 84.7 Å². The van der Waals surface area contributed by atoms with Crippen LogP contribution >= 0.6 is 0 Å². The fourth-order valence-corrected chi connectivity index (χ4v) is 16.3. The van der Waals surface area contributed by atoms with Crippen molar-refractivity contribution in [3.05, 3.63) is 259 Å². The highest BCUT2D eigenvalue weighted by atomic mass is 32.2. The molecule has 676 valence electrons. The van der Waals surface area contributed by atoms with Crippen LogP contribution in [0.15, 0.2) is 227 Å². The number of amides is 4. The summed E-state index contributed by atoms with van der Waals surface area (Å²) in [6.45, 7) is 9.00. The molecule has 12 N–H and O–H groups in total. The lowest BCUT2D eigenvalue weighted by Crippen LogP contribution is -2.26. The number of sulfone groups is 2. The summed E-state index contributed by atoms with van der Waals surface area (Å²) in [4.78, 5) is 101. The number of benzene rings is 2. The molecule has 0 unspecified atom stereocenters. The summed E-state index contributed by atoms with van der Waals surface area (Å²) in [5.41, 5.74) is 25.5. The number of halogens is 5. The first-order valence-corrected chi connectivity index (χ1v) is 45.2. The average Bonchev–Trinajstić information content (AvgIpc) is 1.17. The van der Waals surface area contributed by atoms with Gasteiger partial charge in [0.05, 0.1) is 39.4 Å². The van der Waals surface area contributed by atoms with Crippen molar-refractivity contribution in [2.24, 2.45) is 0 Å². The first kappa shape index (κ1) is 97.3. The molecule has 11 aromatic heterocycles. The van der Waals surface area contributed by atoms with Crippen molar-refractivity contribution in [1.29, 1.82) is 0 Å². The number of aryl methyl sites for hydroxylation is 2. The number of nitrogen functional groups attached to an aromatic ring is 3. The molecule has 0 spiro atoms. The number of ketones is 1. The van der Waals surface area contributed by atoms with Gasteiger partial charge in [-0.3, -0.25) is 49.0 Å². The Morgan fingerprint density at radius 2 is 0.946 bits per heavy atom. The van der Waals surface area contributed by atoms with Crippen LogP contribution in [0.4, 0.5) is 74.4 Å². The number of aromatic nitrogens is 11. The molecule has 0 saturated heterocycles. The lowest BCUT2D eigenvalue weighted by Gasteiger charge is -2.14. The zero-order chi connectivity index (χ0) is 94.7. The van der Waals surface area contributed by atoms with Crippen molar-refractivity contribution < 1.29 is 84.0 Å². The Balaban J connectivity index is 0.000000170. The molecule has 14 rings (SSSR count). The highest BCUT2D eigenvalue weighted by molar-refractivity contribution is 7.93. The van der Waals surface area contributed by atoms with Crippen LogP contribution in [-0.2, 0) is 83.0 Å². The average molecular weight is 1860 g/mol. The number of nitrogens with two attached hydrogens (primary N) is 3. The molecule has 0 radical (unpaired) electrons. The fraction of sp³-hybridized carbons (Fsp3) is 0.186. The molecule has 0 aliphatic heterocycles. The van der Waals surface area contributed by atoms with Gasteiger partial charge in [-0.1, -0.05) is 6.07 Å². The SMILES string of the molecule is CC(=O)Cc1cc(-c2cnc(N)c(S(=O)(=O)Nc3ccc(F)cc3F)c2)ccn1.CC(=O)Nc1cc(-c2cnc(C)c(CS(=O)(=O)c3cccc(C(F)(F)F)c3)c2)ccn1.CC(=O)Nc1cc(-c2cnc(C)c(CS(C)(=O)=O)c2)ccn1.CC(=O)Nc1cc(-c2cnc(N)c(C(=O)NC3CC3)c2)ccn1.CN(C)S(=O)(=O)c1cc(-c2ccnc(Nc3ncco3)c2)cnc1N. The third-order valence-electron chi connectivity index (χ3n) is 18.3. The first-order valence-electron chi connectivity index (χ1n) is 38.5. The minimum atomic E-state index is -4.64. The number of pyridine rings is 10. The van der Waals surface area contributed by atoms with Crippen LogP contribution in [0, 0.1) is 25.5 Å². The van der Waals surface area contributed by atoms with E-state index in [0.29, 0.717) is 109 Å². The number of alkyl halides is 3. The maximum absolute atomic E-state index is 13.8. The Hall–Kier alpha value is -14.9. The standard InChI is InChI=1S/C21H18F3N3O3S.C19H16F2N4O3S.C16H17N5O2.C15H16N6O3S.C15H17N3O3S/c1-13-17(12-31(29,30)19-5-3-4-18(10-19)21(22,23)24)8-16(11-26-13)15-6-7-25-20(9-15)27-14(2)28;1-11(26)6-15-7-12(4-5-23-15)13-8-18(19(22)24-10-13)29(27,28)25-17-3-2-14(20)9-16(17)21;1-9(22)20-14-7-10(4-5-18-14)11-6-13(15(17)19-8-11)16(23)21-12-2-3-12;1-21(2)25(22,23)12-7-11(9-19-14(12)16)10-3-4-17-13(8-10)20-15-18-5-6-24-15;1-10-14(9-22(3,20)21)6-13(8-17-10)12-4-5-16-15(7-12)18-11(2)19/h3-11H,12H2,1-2H3,(H,25,27,28);2-5,7-10,25H,6H2,1H3,(H2,22,24);4-8,12H,2-3H2,1H3,(H2,17,19)(H,21,23)(H,18,20,22);3-9H,1-2H3,(H2,16,19)(H,17,18,20);4-8H,9H2,1-3H3,(H,16,18,19). The minimum Gasteiger partial charge on any atom is -0.432 e. The Labute approximate surface area is 742 Å². The number of nitrogens with zero attached hydrogens (tertiary/aromatic N) is 12. The van der Waals surface area contributed by atoms with Gasteiger partial charge in [-0.15, -0.1) is 0 Å². The summed E-state index contributed by atoms with van der Waals surface area (Å²) in [6.07, 6.45) is 17.1. The topological polar surface area (TPSA) is 530 Å². The van der Waals surface area contributed by atoms with Gasteiger partial charge in [0.25, 0.3) is 21.9 Å². The van der Waals surface area contributed by atoms with Crippen molar-refractivity contribution in [3.8, 4) is 55.6 Å². The van der Waals surface area contributed by atoms with Gasteiger partial charge in [0.15, 0.2) is 19.7 Å². The molecule has 1 fully saturated rings. The van der Waals surface area contributed by atoms with Crippen molar-refractivity contribution in [1.82, 2.24) is 64.4 Å². The molecule has 35 nitrogen and oxygen atoms in total. The summed E-state index contributed by atoms with van der Waals surface area (Å²) in [6, 6.07) is 31.5.